The van der Waals surface area contributed by atoms with Gasteiger partial charge < -0.3 is 15.2 Å². The molecule has 0 aromatic carbocycles. The Morgan fingerprint density at radius 1 is 1.32 bits per heavy atom. The molecule has 0 amide bonds. The first-order valence-corrected chi connectivity index (χ1v) is 7.79. The normalized spacial score (nSPS) is 15.5. The summed E-state index contributed by atoms with van der Waals surface area (Å²) in [6.07, 6.45) is 0.756. The zero-order chi connectivity index (χ0) is 14.5. The first-order valence-electron chi connectivity index (χ1n) is 6.60. The molecular formula is C14H24ClNO2S. The molecule has 2 N–H and O–H groups in total. The lowest BCUT2D eigenvalue weighted by Gasteiger charge is -2.24. The van der Waals surface area contributed by atoms with E-state index in [0.29, 0.717) is 13.2 Å². The smallest absolute Gasteiger partial charge is 0.107 e. The number of thiophene rings is 1. The lowest BCUT2D eigenvalue weighted by atomic mass is 10.1. The van der Waals surface area contributed by atoms with Crippen LogP contribution in [-0.2, 0) is 9.47 Å². The van der Waals surface area contributed by atoms with E-state index in [4.69, 9.17) is 26.8 Å². The van der Waals surface area contributed by atoms with Crippen LogP contribution in [0.5, 0.6) is 0 Å². The molecule has 0 radical (unpaired) electrons. The average Bonchev–Trinajstić information content (AvgIpc) is 2.73. The second-order valence-corrected chi connectivity index (χ2v) is 7.21. The third-order valence-electron chi connectivity index (χ3n) is 2.65. The van der Waals surface area contributed by atoms with E-state index in [0.717, 1.165) is 15.6 Å². The van der Waals surface area contributed by atoms with E-state index in [-0.39, 0.29) is 17.7 Å². The number of hydrogen-bond acceptors (Lipinski definition) is 4. The number of rotatable bonds is 7. The Morgan fingerprint density at radius 3 is 2.47 bits per heavy atom. The highest BCUT2D eigenvalue weighted by atomic mass is 35.5. The van der Waals surface area contributed by atoms with E-state index in [9.17, 15) is 0 Å². The van der Waals surface area contributed by atoms with Gasteiger partial charge in [0.05, 0.1) is 23.2 Å². The van der Waals surface area contributed by atoms with Crippen molar-refractivity contribution in [1.82, 2.24) is 0 Å². The van der Waals surface area contributed by atoms with Gasteiger partial charge in [0.25, 0.3) is 0 Å². The molecule has 5 heteroatoms. The molecule has 0 aliphatic rings. The third-order valence-corrected chi connectivity index (χ3v) is 3.94. The fourth-order valence-electron chi connectivity index (χ4n) is 1.63. The minimum absolute atomic E-state index is 0.0237. The first kappa shape index (κ1) is 16.9. The van der Waals surface area contributed by atoms with Crippen LogP contribution >= 0.6 is 22.9 Å². The standard InChI is InChI=1S/C14H24ClNO2S/c1-5-10(16)13(11-6-7-12(15)19-11)17-8-9-18-14(2,3)4/h6-7,10,13H,5,8-9,16H2,1-4H3. The summed E-state index contributed by atoms with van der Waals surface area (Å²) in [7, 11) is 0. The molecule has 0 aliphatic heterocycles. The molecule has 3 nitrogen and oxygen atoms in total. The van der Waals surface area contributed by atoms with E-state index >= 15 is 0 Å². The fourth-order valence-corrected chi connectivity index (χ4v) is 2.82. The van der Waals surface area contributed by atoms with Gasteiger partial charge in [0.1, 0.15) is 6.10 Å². The molecule has 1 aromatic heterocycles. The van der Waals surface area contributed by atoms with Crippen LogP contribution in [0.3, 0.4) is 0 Å². The monoisotopic (exact) mass is 305 g/mol. The van der Waals surface area contributed by atoms with Crippen molar-refractivity contribution < 1.29 is 9.47 Å². The lowest BCUT2D eigenvalue weighted by Crippen LogP contribution is -2.30. The van der Waals surface area contributed by atoms with Crippen LogP contribution in [0.4, 0.5) is 0 Å². The maximum Gasteiger partial charge on any atom is 0.107 e. The lowest BCUT2D eigenvalue weighted by molar-refractivity contribution is -0.0563. The summed E-state index contributed by atoms with van der Waals surface area (Å²) in [6.45, 7) is 9.24. The van der Waals surface area contributed by atoms with Crippen molar-refractivity contribution in [2.24, 2.45) is 5.73 Å². The molecule has 1 rings (SSSR count). The molecule has 0 bridgehead atoms. The van der Waals surface area contributed by atoms with Gasteiger partial charge >= 0.3 is 0 Å². The summed E-state index contributed by atoms with van der Waals surface area (Å²) < 4.78 is 12.3. The largest absolute Gasteiger partial charge is 0.373 e. The Bertz CT molecular complexity index is 376. The minimum atomic E-state index is -0.141. The van der Waals surface area contributed by atoms with Gasteiger partial charge in [-0.1, -0.05) is 18.5 Å². The van der Waals surface area contributed by atoms with Gasteiger partial charge in [0.15, 0.2) is 0 Å². The van der Waals surface area contributed by atoms with Gasteiger partial charge in [-0.25, -0.2) is 0 Å². The van der Waals surface area contributed by atoms with Crippen LogP contribution in [-0.4, -0.2) is 24.9 Å². The summed E-state index contributed by atoms with van der Waals surface area (Å²) in [5.41, 5.74) is 5.98. The topological polar surface area (TPSA) is 44.5 Å². The maximum absolute atomic E-state index is 6.12. The number of hydrogen-bond donors (Lipinski definition) is 1. The predicted octanol–water partition coefficient (Wildman–Crippen LogP) is 4.01. The third kappa shape index (κ3) is 6.23. The zero-order valence-corrected chi connectivity index (χ0v) is 13.7. The van der Waals surface area contributed by atoms with Gasteiger partial charge in [-0.15, -0.1) is 11.3 Å². The van der Waals surface area contributed by atoms with Crippen LogP contribution in [0.1, 0.15) is 45.1 Å². The molecule has 19 heavy (non-hydrogen) atoms. The minimum Gasteiger partial charge on any atom is -0.373 e. The van der Waals surface area contributed by atoms with E-state index in [1.165, 1.54) is 11.3 Å². The number of nitrogens with two attached hydrogens (primary N) is 1. The first-order chi connectivity index (χ1) is 8.83. The Morgan fingerprint density at radius 2 is 2.00 bits per heavy atom. The molecule has 0 fully saturated rings. The quantitative estimate of drug-likeness (QED) is 0.774. The zero-order valence-electron chi connectivity index (χ0n) is 12.1. The fraction of sp³-hybridized carbons (Fsp3) is 0.714. The summed E-state index contributed by atoms with van der Waals surface area (Å²) in [4.78, 5) is 1.08. The van der Waals surface area contributed by atoms with Crippen molar-refractivity contribution in [1.29, 1.82) is 0 Å². The molecule has 1 heterocycles. The number of ether oxygens (including phenoxy) is 2. The van der Waals surface area contributed by atoms with Crippen molar-refractivity contribution in [3.63, 3.8) is 0 Å². The van der Waals surface area contributed by atoms with Crippen LogP contribution < -0.4 is 5.73 Å². The highest BCUT2D eigenvalue weighted by Crippen LogP contribution is 2.31. The van der Waals surface area contributed by atoms with Crippen molar-refractivity contribution in [2.45, 2.75) is 51.9 Å². The highest BCUT2D eigenvalue weighted by molar-refractivity contribution is 7.16. The molecule has 0 saturated carbocycles. The Balaban J connectivity index is 2.52. The van der Waals surface area contributed by atoms with Crippen LogP contribution in [0, 0.1) is 0 Å². The molecule has 0 saturated heterocycles. The van der Waals surface area contributed by atoms with Crippen LogP contribution in [0.25, 0.3) is 0 Å². The second kappa shape index (κ2) is 7.60. The van der Waals surface area contributed by atoms with E-state index < -0.39 is 0 Å². The molecule has 1 aromatic rings. The molecular weight excluding hydrogens is 282 g/mol. The Kier molecular flexibility index (Phi) is 6.77. The van der Waals surface area contributed by atoms with Gasteiger partial charge in [0.2, 0.25) is 0 Å². The Hall–Kier alpha value is -0.130. The van der Waals surface area contributed by atoms with Crippen molar-refractivity contribution in [3.8, 4) is 0 Å². The molecule has 2 unspecified atom stereocenters. The highest BCUT2D eigenvalue weighted by Gasteiger charge is 2.21. The van der Waals surface area contributed by atoms with Crippen LogP contribution in [0.15, 0.2) is 12.1 Å². The van der Waals surface area contributed by atoms with Crippen molar-refractivity contribution >= 4 is 22.9 Å². The van der Waals surface area contributed by atoms with Gasteiger partial charge in [-0.05, 0) is 39.3 Å². The molecule has 0 aliphatic carbocycles. The molecule has 2 atom stereocenters. The second-order valence-electron chi connectivity index (χ2n) is 5.47. The average molecular weight is 306 g/mol. The SMILES string of the molecule is CCC(N)C(OCCOC(C)(C)C)c1ccc(Cl)s1. The van der Waals surface area contributed by atoms with Crippen molar-refractivity contribution in [3.05, 3.63) is 21.3 Å². The van der Waals surface area contributed by atoms with E-state index in [2.05, 4.69) is 6.92 Å². The summed E-state index contributed by atoms with van der Waals surface area (Å²) in [5, 5.41) is 0. The van der Waals surface area contributed by atoms with Gasteiger partial charge in [0, 0.05) is 10.9 Å². The van der Waals surface area contributed by atoms with E-state index in [1.54, 1.807) is 0 Å². The summed E-state index contributed by atoms with van der Waals surface area (Å²) in [6, 6.07) is 3.84. The van der Waals surface area contributed by atoms with Gasteiger partial charge in [-0.2, -0.15) is 0 Å². The molecule has 110 valence electrons. The maximum atomic E-state index is 6.12. The molecule has 0 spiro atoms. The summed E-state index contributed by atoms with van der Waals surface area (Å²) in [5.74, 6) is 0. The van der Waals surface area contributed by atoms with E-state index in [1.807, 2.05) is 32.9 Å². The predicted molar refractivity (Wildman–Crippen MR) is 82.0 cm³/mol. The summed E-state index contributed by atoms with van der Waals surface area (Å²) >= 11 is 7.49. The van der Waals surface area contributed by atoms with Crippen molar-refractivity contribution in [2.75, 3.05) is 13.2 Å². The van der Waals surface area contributed by atoms with Gasteiger partial charge in [-0.3, -0.25) is 0 Å². The number of halogens is 1. The van der Waals surface area contributed by atoms with Crippen LogP contribution in [0.2, 0.25) is 4.34 Å². The Labute approximate surface area is 125 Å².